The van der Waals surface area contributed by atoms with Crippen molar-refractivity contribution in [3.05, 3.63) is 24.3 Å². The molecule has 0 radical (unpaired) electrons. The quantitative estimate of drug-likeness (QED) is 0.643. The Bertz CT molecular complexity index is 391. The number of aliphatic carboxylic acids is 2. The van der Waals surface area contributed by atoms with Crippen LogP contribution in [0, 0.1) is 0 Å². The Morgan fingerprint density at radius 1 is 1.12 bits per heavy atom. The number of anilines is 1. The van der Waals surface area contributed by atoms with Crippen LogP contribution in [0.3, 0.4) is 0 Å². The molecular weight excluding hydrogens is 242 g/mol. The molecule has 0 saturated carbocycles. The molecule has 0 saturated heterocycles. The highest BCUT2D eigenvalue weighted by molar-refractivity contribution is 7.99. The van der Waals surface area contributed by atoms with Crippen LogP contribution in [-0.4, -0.2) is 34.4 Å². The van der Waals surface area contributed by atoms with Crippen LogP contribution < -0.4 is 5.32 Å². The van der Waals surface area contributed by atoms with Gasteiger partial charge in [0.1, 0.15) is 6.54 Å². The monoisotopic (exact) mass is 255 g/mol. The lowest BCUT2D eigenvalue weighted by Gasteiger charge is -2.04. The number of hydrogen-bond acceptors (Lipinski definition) is 4. The van der Waals surface area contributed by atoms with Crippen LogP contribution in [0.4, 0.5) is 5.69 Å². The second-order valence-corrected chi connectivity index (χ2v) is 4.43. The number of nitrogens with one attached hydrogen (secondary N) is 1. The van der Waals surface area contributed by atoms with Crippen molar-refractivity contribution in [3.63, 3.8) is 0 Å². The first kappa shape index (κ1) is 13.4. The Balaban J connectivity index is 2.39. The fraction of sp³-hybridized carbons (Fsp3) is 0.273. The zero-order chi connectivity index (χ0) is 12.7. The van der Waals surface area contributed by atoms with Crippen molar-refractivity contribution in [2.75, 3.05) is 17.6 Å². The highest BCUT2D eigenvalue weighted by Crippen LogP contribution is 2.20. The summed E-state index contributed by atoms with van der Waals surface area (Å²) in [6.45, 7) is -0.120. The van der Waals surface area contributed by atoms with Gasteiger partial charge in [0.05, 0.1) is 6.42 Å². The van der Waals surface area contributed by atoms with E-state index in [4.69, 9.17) is 10.2 Å². The molecule has 0 amide bonds. The molecule has 0 atom stereocenters. The van der Waals surface area contributed by atoms with Gasteiger partial charge in [0.2, 0.25) is 0 Å². The number of carboxylic acids is 2. The SMILES string of the molecule is O=C(O)CCSc1ccc(NCC(=O)O)cc1. The summed E-state index contributed by atoms with van der Waals surface area (Å²) < 4.78 is 0. The lowest BCUT2D eigenvalue weighted by molar-refractivity contribution is -0.137. The van der Waals surface area contributed by atoms with Gasteiger partial charge in [-0.15, -0.1) is 11.8 Å². The lowest BCUT2D eigenvalue weighted by atomic mass is 10.3. The first-order valence-electron chi connectivity index (χ1n) is 4.98. The summed E-state index contributed by atoms with van der Waals surface area (Å²) in [4.78, 5) is 21.6. The summed E-state index contributed by atoms with van der Waals surface area (Å²) in [5.74, 6) is -1.20. The minimum atomic E-state index is -0.912. The van der Waals surface area contributed by atoms with Crippen molar-refractivity contribution in [1.82, 2.24) is 0 Å². The zero-order valence-electron chi connectivity index (χ0n) is 9.05. The Labute approximate surface area is 103 Å². The van der Waals surface area contributed by atoms with Crippen molar-refractivity contribution < 1.29 is 19.8 Å². The van der Waals surface area contributed by atoms with Crippen LogP contribution in [0.2, 0.25) is 0 Å². The van der Waals surface area contributed by atoms with Crippen LogP contribution in [0.15, 0.2) is 29.2 Å². The van der Waals surface area contributed by atoms with Crippen LogP contribution in [0.25, 0.3) is 0 Å². The molecule has 0 spiro atoms. The molecule has 0 aromatic heterocycles. The highest BCUT2D eigenvalue weighted by atomic mass is 32.2. The third-order valence-corrected chi connectivity index (χ3v) is 2.90. The fourth-order valence-corrected chi connectivity index (χ4v) is 1.94. The van der Waals surface area contributed by atoms with Crippen molar-refractivity contribution >= 4 is 29.4 Å². The van der Waals surface area contributed by atoms with Gasteiger partial charge in [-0.2, -0.15) is 0 Å². The summed E-state index contributed by atoms with van der Waals surface area (Å²) in [5, 5.41) is 19.7. The molecule has 0 bridgehead atoms. The number of carbonyl (C=O) groups is 2. The molecule has 0 aliphatic carbocycles. The van der Waals surface area contributed by atoms with Gasteiger partial charge in [0.15, 0.2) is 0 Å². The molecule has 1 aromatic carbocycles. The number of hydrogen-bond donors (Lipinski definition) is 3. The minimum Gasteiger partial charge on any atom is -0.481 e. The maximum absolute atomic E-state index is 10.3. The third kappa shape index (κ3) is 5.82. The summed E-state index contributed by atoms with van der Waals surface area (Å²) in [6.07, 6.45) is 0.129. The zero-order valence-corrected chi connectivity index (χ0v) is 9.87. The minimum absolute atomic E-state index is 0.120. The molecule has 0 heterocycles. The molecule has 5 nitrogen and oxygen atoms in total. The van der Waals surface area contributed by atoms with E-state index < -0.39 is 11.9 Å². The van der Waals surface area contributed by atoms with Gasteiger partial charge in [-0.25, -0.2) is 0 Å². The van der Waals surface area contributed by atoms with Gasteiger partial charge in [-0.3, -0.25) is 9.59 Å². The predicted octanol–water partition coefficient (Wildman–Crippen LogP) is 1.75. The summed E-state index contributed by atoms with van der Waals surface area (Å²) in [6, 6.07) is 7.20. The van der Waals surface area contributed by atoms with Gasteiger partial charge >= 0.3 is 11.9 Å². The Morgan fingerprint density at radius 3 is 2.29 bits per heavy atom. The average Bonchev–Trinajstić information content (AvgIpc) is 2.27. The van der Waals surface area contributed by atoms with Crippen LogP contribution in [0.5, 0.6) is 0 Å². The predicted molar refractivity (Wildman–Crippen MR) is 65.5 cm³/mol. The fourth-order valence-electron chi connectivity index (χ4n) is 1.10. The van der Waals surface area contributed by atoms with E-state index in [1.807, 2.05) is 12.1 Å². The number of rotatable bonds is 7. The lowest BCUT2D eigenvalue weighted by Crippen LogP contribution is -2.11. The molecule has 3 N–H and O–H groups in total. The molecule has 92 valence electrons. The average molecular weight is 255 g/mol. The van der Waals surface area contributed by atoms with Gasteiger partial charge < -0.3 is 15.5 Å². The summed E-state index contributed by atoms with van der Waals surface area (Å²) >= 11 is 1.46. The van der Waals surface area contributed by atoms with Crippen molar-refractivity contribution in [1.29, 1.82) is 0 Å². The topological polar surface area (TPSA) is 86.6 Å². The molecule has 0 fully saturated rings. The molecule has 0 aliphatic heterocycles. The number of thioether (sulfide) groups is 1. The van der Waals surface area contributed by atoms with E-state index in [2.05, 4.69) is 5.32 Å². The number of benzene rings is 1. The second-order valence-electron chi connectivity index (χ2n) is 3.26. The Kier molecular flexibility index (Phi) is 5.35. The van der Waals surface area contributed by atoms with E-state index in [9.17, 15) is 9.59 Å². The molecule has 1 rings (SSSR count). The number of carboxylic acid groups (broad SMARTS) is 2. The van der Waals surface area contributed by atoms with Crippen LogP contribution >= 0.6 is 11.8 Å². The smallest absolute Gasteiger partial charge is 0.322 e. The summed E-state index contributed by atoms with van der Waals surface area (Å²) in [7, 11) is 0. The van der Waals surface area contributed by atoms with Gasteiger partial charge in [0, 0.05) is 16.3 Å². The Morgan fingerprint density at radius 2 is 1.76 bits per heavy atom. The standard InChI is InChI=1S/C11H13NO4S/c13-10(14)5-6-17-9-3-1-8(2-4-9)12-7-11(15)16/h1-4,12H,5-7H2,(H,13,14)(H,15,16). The Hall–Kier alpha value is -1.69. The maximum Gasteiger partial charge on any atom is 0.322 e. The van der Waals surface area contributed by atoms with E-state index >= 15 is 0 Å². The van der Waals surface area contributed by atoms with Gasteiger partial charge in [0.25, 0.3) is 0 Å². The normalized spacial score (nSPS) is 9.88. The molecule has 17 heavy (non-hydrogen) atoms. The molecule has 6 heteroatoms. The van der Waals surface area contributed by atoms with Crippen molar-refractivity contribution in [2.24, 2.45) is 0 Å². The molecule has 1 aromatic rings. The van der Waals surface area contributed by atoms with Crippen LogP contribution in [0.1, 0.15) is 6.42 Å². The highest BCUT2D eigenvalue weighted by Gasteiger charge is 2.00. The first-order valence-corrected chi connectivity index (χ1v) is 5.97. The second kappa shape index (κ2) is 6.80. The van der Waals surface area contributed by atoms with E-state index in [1.165, 1.54) is 11.8 Å². The third-order valence-electron chi connectivity index (χ3n) is 1.88. The van der Waals surface area contributed by atoms with E-state index in [0.717, 1.165) is 10.6 Å². The van der Waals surface area contributed by atoms with Crippen LogP contribution in [-0.2, 0) is 9.59 Å². The maximum atomic E-state index is 10.3. The van der Waals surface area contributed by atoms with Crippen molar-refractivity contribution in [2.45, 2.75) is 11.3 Å². The largest absolute Gasteiger partial charge is 0.481 e. The van der Waals surface area contributed by atoms with Gasteiger partial charge in [-0.05, 0) is 24.3 Å². The summed E-state index contributed by atoms with van der Waals surface area (Å²) in [5.41, 5.74) is 0.731. The molecular formula is C11H13NO4S. The van der Waals surface area contributed by atoms with E-state index in [0.29, 0.717) is 5.75 Å². The molecule has 0 unspecified atom stereocenters. The van der Waals surface area contributed by atoms with E-state index in [1.54, 1.807) is 12.1 Å². The van der Waals surface area contributed by atoms with E-state index in [-0.39, 0.29) is 13.0 Å². The van der Waals surface area contributed by atoms with Gasteiger partial charge in [-0.1, -0.05) is 0 Å². The first-order chi connectivity index (χ1) is 8.08. The molecule has 0 aliphatic rings. The van der Waals surface area contributed by atoms with Crippen molar-refractivity contribution in [3.8, 4) is 0 Å².